The van der Waals surface area contributed by atoms with Crippen LogP contribution in [0.3, 0.4) is 0 Å². The number of benzene rings is 1. The van der Waals surface area contributed by atoms with Gasteiger partial charge in [0, 0.05) is 29.3 Å². The molecule has 1 unspecified atom stereocenters. The Hall–Kier alpha value is -1.75. The average Bonchev–Trinajstić information content (AvgIpc) is 2.37. The zero-order valence-electron chi connectivity index (χ0n) is 11.6. The maximum atomic E-state index is 10.9. The van der Waals surface area contributed by atoms with E-state index in [9.17, 15) is 10.1 Å². The number of fused-ring (bicyclic) bond motifs is 1. The molecule has 1 heterocycles. The average molecular weight is 294 g/mol. The van der Waals surface area contributed by atoms with Crippen molar-refractivity contribution in [3.8, 4) is 0 Å². The van der Waals surface area contributed by atoms with Crippen LogP contribution in [-0.2, 0) is 6.42 Å². The quantitative estimate of drug-likeness (QED) is 0.491. The number of hydrogen-bond acceptors (Lipinski definition) is 4. The number of aromatic nitrogens is 2. The van der Waals surface area contributed by atoms with E-state index >= 15 is 0 Å². The maximum Gasteiger partial charge on any atom is 0.270 e. The summed E-state index contributed by atoms with van der Waals surface area (Å²) in [6.07, 6.45) is 2.01. The van der Waals surface area contributed by atoms with Gasteiger partial charge in [-0.15, -0.1) is 11.6 Å². The fourth-order valence-corrected chi connectivity index (χ4v) is 2.00. The van der Waals surface area contributed by atoms with Crippen LogP contribution in [0.5, 0.6) is 0 Å². The van der Waals surface area contributed by atoms with Gasteiger partial charge in [0.15, 0.2) is 0 Å². The van der Waals surface area contributed by atoms with E-state index in [0.29, 0.717) is 17.3 Å². The number of non-ortho nitro benzene ring substituents is 1. The molecule has 0 bridgehead atoms. The Labute approximate surface area is 122 Å². The van der Waals surface area contributed by atoms with Gasteiger partial charge in [-0.05, 0) is 11.5 Å². The molecule has 0 radical (unpaired) electrons. The normalized spacial score (nSPS) is 13.4. The van der Waals surface area contributed by atoms with Crippen LogP contribution >= 0.6 is 11.6 Å². The highest BCUT2D eigenvalue weighted by atomic mass is 35.5. The van der Waals surface area contributed by atoms with Crippen molar-refractivity contribution in [3.05, 3.63) is 40.3 Å². The minimum atomic E-state index is -0.418. The predicted octanol–water partition coefficient (Wildman–Crippen LogP) is 3.73. The van der Waals surface area contributed by atoms with Crippen molar-refractivity contribution in [2.45, 2.75) is 32.6 Å². The van der Waals surface area contributed by atoms with Crippen LogP contribution in [0, 0.1) is 15.5 Å². The minimum absolute atomic E-state index is 0.0374. The van der Waals surface area contributed by atoms with Gasteiger partial charge in [0.1, 0.15) is 6.33 Å². The second-order valence-corrected chi connectivity index (χ2v) is 6.34. The molecule has 0 aliphatic heterocycles. The van der Waals surface area contributed by atoms with Crippen molar-refractivity contribution >= 4 is 28.2 Å². The molecule has 0 saturated carbocycles. The summed E-state index contributed by atoms with van der Waals surface area (Å²) >= 11 is 6.40. The van der Waals surface area contributed by atoms with Crippen molar-refractivity contribution in [1.29, 1.82) is 0 Å². The van der Waals surface area contributed by atoms with E-state index in [-0.39, 0.29) is 16.5 Å². The Morgan fingerprint density at radius 2 is 2.05 bits per heavy atom. The number of hydrogen-bond donors (Lipinski definition) is 0. The van der Waals surface area contributed by atoms with Crippen LogP contribution < -0.4 is 0 Å². The van der Waals surface area contributed by atoms with Gasteiger partial charge in [-0.3, -0.25) is 10.1 Å². The summed E-state index contributed by atoms with van der Waals surface area (Å²) in [6.45, 7) is 6.16. The number of nitro benzene ring substituents is 1. The number of halogens is 1. The molecule has 106 valence electrons. The summed E-state index contributed by atoms with van der Waals surface area (Å²) in [5, 5.41) is 11.5. The first-order valence-corrected chi connectivity index (χ1v) is 6.75. The molecule has 1 aromatic carbocycles. The summed E-state index contributed by atoms with van der Waals surface area (Å²) in [6, 6.07) is 4.59. The lowest BCUT2D eigenvalue weighted by molar-refractivity contribution is -0.384. The Morgan fingerprint density at radius 3 is 2.65 bits per heavy atom. The molecule has 6 heteroatoms. The van der Waals surface area contributed by atoms with Gasteiger partial charge in [-0.1, -0.05) is 20.8 Å². The highest BCUT2D eigenvalue weighted by molar-refractivity contribution is 6.21. The molecule has 0 spiro atoms. The molecular formula is C14H16ClN3O2. The van der Waals surface area contributed by atoms with Crippen LogP contribution in [0.25, 0.3) is 10.9 Å². The Balaban J connectivity index is 2.47. The standard InChI is InChI=1S/C14H16ClN3O2/c1-14(2,3)13(15)7-12-10-6-9(18(19)20)4-5-11(10)16-8-17-12/h4-6,8,13H,7H2,1-3H3. The maximum absolute atomic E-state index is 10.9. The number of nitro groups is 1. The Kier molecular flexibility index (Phi) is 3.90. The van der Waals surface area contributed by atoms with Gasteiger partial charge < -0.3 is 0 Å². The number of rotatable bonds is 3. The molecule has 2 rings (SSSR count). The van der Waals surface area contributed by atoms with Crippen molar-refractivity contribution in [2.75, 3.05) is 0 Å². The summed E-state index contributed by atoms with van der Waals surface area (Å²) in [5.41, 5.74) is 1.40. The smallest absolute Gasteiger partial charge is 0.258 e. The third kappa shape index (κ3) is 3.04. The summed E-state index contributed by atoms with van der Waals surface area (Å²) < 4.78 is 0. The van der Waals surface area contributed by atoms with Crippen molar-refractivity contribution in [1.82, 2.24) is 9.97 Å². The zero-order chi connectivity index (χ0) is 14.9. The fraction of sp³-hybridized carbons (Fsp3) is 0.429. The molecule has 0 saturated heterocycles. The third-order valence-corrected chi connectivity index (χ3v) is 4.03. The van der Waals surface area contributed by atoms with E-state index in [0.717, 1.165) is 5.69 Å². The molecule has 1 atom stereocenters. The molecule has 0 aliphatic rings. The predicted molar refractivity (Wildman–Crippen MR) is 79.0 cm³/mol. The lowest BCUT2D eigenvalue weighted by Crippen LogP contribution is -2.23. The molecular weight excluding hydrogens is 278 g/mol. The highest BCUT2D eigenvalue weighted by Gasteiger charge is 2.24. The van der Waals surface area contributed by atoms with E-state index in [1.807, 2.05) is 0 Å². The van der Waals surface area contributed by atoms with Crippen LogP contribution in [0.4, 0.5) is 5.69 Å². The van der Waals surface area contributed by atoms with E-state index in [1.54, 1.807) is 6.07 Å². The molecule has 0 aliphatic carbocycles. The van der Waals surface area contributed by atoms with Gasteiger partial charge in [-0.2, -0.15) is 0 Å². The second kappa shape index (κ2) is 5.32. The molecule has 2 aromatic rings. The van der Waals surface area contributed by atoms with Gasteiger partial charge in [0.2, 0.25) is 0 Å². The Bertz CT molecular complexity index is 652. The molecule has 1 aromatic heterocycles. The van der Waals surface area contributed by atoms with Crippen LogP contribution in [0.2, 0.25) is 0 Å². The summed E-state index contributed by atoms with van der Waals surface area (Å²) in [5.74, 6) is 0. The number of nitrogens with zero attached hydrogens (tertiary/aromatic N) is 3. The van der Waals surface area contributed by atoms with E-state index in [1.165, 1.54) is 18.5 Å². The van der Waals surface area contributed by atoms with E-state index in [4.69, 9.17) is 11.6 Å². The molecule has 0 fully saturated rings. The summed E-state index contributed by atoms with van der Waals surface area (Å²) in [4.78, 5) is 18.8. The molecule has 0 amide bonds. The summed E-state index contributed by atoms with van der Waals surface area (Å²) in [7, 11) is 0. The fourth-order valence-electron chi connectivity index (χ4n) is 1.85. The first-order valence-electron chi connectivity index (χ1n) is 6.31. The molecule has 5 nitrogen and oxygen atoms in total. The Morgan fingerprint density at radius 1 is 1.35 bits per heavy atom. The van der Waals surface area contributed by atoms with Crippen molar-refractivity contribution in [3.63, 3.8) is 0 Å². The van der Waals surface area contributed by atoms with E-state index < -0.39 is 4.92 Å². The lowest BCUT2D eigenvalue weighted by atomic mass is 9.88. The first-order chi connectivity index (χ1) is 9.29. The SMILES string of the molecule is CC(C)(C)C(Cl)Cc1ncnc2ccc([N+](=O)[O-])cc12. The van der Waals surface area contributed by atoms with E-state index in [2.05, 4.69) is 30.7 Å². The van der Waals surface area contributed by atoms with Crippen LogP contribution in [0.1, 0.15) is 26.5 Å². The van der Waals surface area contributed by atoms with Gasteiger partial charge in [0.25, 0.3) is 5.69 Å². The van der Waals surface area contributed by atoms with Gasteiger partial charge >= 0.3 is 0 Å². The van der Waals surface area contributed by atoms with Gasteiger partial charge in [-0.25, -0.2) is 9.97 Å². The first kappa shape index (κ1) is 14.7. The molecule has 20 heavy (non-hydrogen) atoms. The minimum Gasteiger partial charge on any atom is -0.258 e. The topological polar surface area (TPSA) is 68.9 Å². The monoisotopic (exact) mass is 293 g/mol. The van der Waals surface area contributed by atoms with Crippen molar-refractivity contribution < 1.29 is 4.92 Å². The second-order valence-electron chi connectivity index (χ2n) is 5.82. The lowest BCUT2D eigenvalue weighted by Gasteiger charge is -2.25. The van der Waals surface area contributed by atoms with Crippen molar-refractivity contribution in [2.24, 2.45) is 5.41 Å². The van der Waals surface area contributed by atoms with Crippen LogP contribution in [0.15, 0.2) is 24.5 Å². The third-order valence-electron chi connectivity index (χ3n) is 3.22. The zero-order valence-corrected chi connectivity index (χ0v) is 12.4. The molecule has 0 N–H and O–H groups in total. The number of alkyl halides is 1. The largest absolute Gasteiger partial charge is 0.270 e. The van der Waals surface area contributed by atoms with Crippen LogP contribution in [-0.4, -0.2) is 20.3 Å². The van der Waals surface area contributed by atoms with Gasteiger partial charge in [0.05, 0.1) is 16.1 Å². The highest BCUT2D eigenvalue weighted by Crippen LogP contribution is 2.29.